The van der Waals surface area contributed by atoms with Crippen molar-refractivity contribution in [2.75, 3.05) is 13.2 Å². The number of carbonyl (C=O) groups excluding carboxylic acids is 2. The normalized spacial score (nSPS) is 12.6. The Morgan fingerprint density at radius 2 is 0.573 bits per heavy atom. The molecular formula is C70H126O5. The highest BCUT2D eigenvalue weighted by Gasteiger charge is 2.16. The predicted octanol–water partition coefficient (Wildman–Crippen LogP) is 22.7. The van der Waals surface area contributed by atoms with Crippen LogP contribution in [0.1, 0.15) is 341 Å². The number of hydrogen-bond donors (Lipinski definition) is 1. The number of esters is 2. The molecule has 0 rings (SSSR count). The molecule has 0 saturated heterocycles. The first kappa shape index (κ1) is 72.3. The maximum atomic E-state index is 12.3. The second-order valence-corrected chi connectivity index (χ2v) is 22.2. The second kappa shape index (κ2) is 65.6. The number of aliphatic hydroxyl groups is 1. The van der Waals surface area contributed by atoms with E-state index in [0.717, 1.165) is 83.5 Å². The lowest BCUT2D eigenvalue weighted by Crippen LogP contribution is -2.28. The fraction of sp³-hybridized carbons (Fsp3) is 0.800. The third-order valence-corrected chi connectivity index (χ3v) is 14.8. The van der Waals surface area contributed by atoms with Gasteiger partial charge in [-0.25, -0.2) is 0 Å². The van der Waals surface area contributed by atoms with Crippen LogP contribution in [0.15, 0.2) is 72.9 Å². The first-order valence-corrected chi connectivity index (χ1v) is 33.0. The summed E-state index contributed by atoms with van der Waals surface area (Å²) in [5.41, 5.74) is 0. The molecule has 0 aliphatic heterocycles. The van der Waals surface area contributed by atoms with Crippen molar-refractivity contribution in [2.45, 2.75) is 347 Å². The molecule has 0 aliphatic carbocycles. The van der Waals surface area contributed by atoms with Crippen molar-refractivity contribution in [3.63, 3.8) is 0 Å². The molecule has 0 heterocycles. The molecule has 0 spiro atoms. The molecule has 0 radical (unpaired) electrons. The smallest absolute Gasteiger partial charge is 0.306 e. The van der Waals surface area contributed by atoms with Gasteiger partial charge in [0.05, 0.1) is 6.61 Å². The molecular weight excluding hydrogens is 921 g/mol. The van der Waals surface area contributed by atoms with Crippen molar-refractivity contribution in [1.29, 1.82) is 0 Å². The first-order valence-electron chi connectivity index (χ1n) is 33.0. The SMILES string of the molecule is CC/C=C\C/C=C\C/C=C\C/C=C\C/C=C\C/C=C\CCCCCCCCC(=O)OC(CO)COC(=O)CCCCCCCCCCCCCCCCCCCCCCCCCCCCCCCCCCCCCC. The van der Waals surface area contributed by atoms with Gasteiger partial charge in [-0.05, 0) is 64.2 Å². The Morgan fingerprint density at radius 3 is 0.867 bits per heavy atom. The average molecular weight is 1050 g/mol. The molecule has 1 N–H and O–H groups in total. The lowest BCUT2D eigenvalue weighted by molar-refractivity contribution is -0.161. The van der Waals surface area contributed by atoms with Gasteiger partial charge in [-0.2, -0.15) is 0 Å². The Hall–Kier alpha value is -2.66. The number of unbranched alkanes of at least 4 members (excludes halogenated alkanes) is 41. The molecule has 1 atom stereocenters. The Labute approximate surface area is 467 Å². The summed E-state index contributed by atoms with van der Waals surface area (Å²) in [4.78, 5) is 24.6. The van der Waals surface area contributed by atoms with Gasteiger partial charge in [0, 0.05) is 12.8 Å². The largest absolute Gasteiger partial charge is 0.462 e. The maximum absolute atomic E-state index is 12.3. The van der Waals surface area contributed by atoms with Crippen LogP contribution in [-0.2, 0) is 19.1 Å². The minimum Gasteiger partial charge on any atom is -0.462 e. The van der Waals surface area contributed by atoms with E-state index in [1.54, 1.807) is 0 Å². The fourth-order valence-corrected chi connectivity index (χ4v) is 9.86. The van der Waals surface area contributed by atoms with Gasteiger partial charge < -0.3 is 14.6 Å². The van der Waals surface area contributed by atoms with Gasteiger partial charge in [-0.15, -0.1) is 0 Å². The van der Waals surface area contributed by atoms with Crippen LogP contribution in [0.3, 0.4) is 0 Å². The quantitative estimate of drug-likeness (QED) is 0.0373. The topological polar surface area (TPSA) is 72.8 Å². The van der Waals surface area contributed by atoms with Crippen LogP contribution in [0, 0.1) is 0 Å². The number of allylic oxidation sites excluding steroid dienone is 12. The van der Waals surface area contributed by atoms with Gasteiger partial charge in [-0.1, -0.05) is 337 Å². The van der Waals surface area contributed by atoms with Crippen molar-refractivity contribution < 1.29 is 24.2 Å². The summed E-state index contributed by atoms with van der Waals surface area (Å²) in [5.74, 6) is -0.596. The molecule has 0 amide bonds. The van der Waals surface area contributed by atoms with Crippen molar-refractivity contribution in [2.24, 2.45) is 0 Å². The van der Waals surface area contributed by atoms with Gasteiger partial charge in [0.25, 0.3) is 0 Å². The van der Waals surface area contributed by atoms with Crippen LogP contribution in [0.2, 0.25) is 0 Å². The van der Waals surface area contributed by atoms with Gasteiger partial charge in [0.15, 0.2) is 6.10 Å². The predicted molar refractivity (Wildman–Crippen MR) is 330 cm³/mol. The maximum Gasteiger partial charge on any atom is 0.306 e. The van der Waals surface area contributed by atoms with Crippen molar-refractivity contribution in [3.05, 3.63) is 72.9 Å². The monoisotopic (exact) mass is 1050 g/mol. The zero-order valence-electron chi connectivity index (χ0n) is 50.1. The van der Waals surface area contributed by atoms with E-state index in [-0.39, 0.29) is 25.2 Å². The number of ether oxygens (including phenoxy) is 2. The van der Waals surface area contributed by atoms with Gasteiger partial charge in [0.1, 0.15) is 6.61 Å². The van der Waals surface area contributed by atoms with Crippen LogP contribution >= 0.6 is 0 Å². The zero-order valence-corrected chi connectivity index (χ0v) is 50.1. The van der Waals surface area contributed by atoms with Gasteiger partial charge >= 0.3 is 11.9 Å². The van der Waals surface area contributed by atoms with Crippen LogP contribution < -0.4 is 0 Å². The molecule has 0 aliphatic rings. The average Bonchev–Trinajstić information content (AvgIpc) is 3.41. The molecule has 0 fully saturated rings. The number of hydrogen-bond acceptors (Lipinski definition) is 5. The summed E-state index contributed by atoms with van der Waals surface area (Å²) in [6.07, 6.45) is 90.7. The van der Waals surface area contributed by atoms with E-state index in [0.29, 0.717) is 12.8 Å². The lowest BCUT2D eigenvalue weighted by Gasteiger charge is -2.15. The molecule has 0 aromatic carbocycles. The molecule has 5 nitrogen and oxygen atoms in total. The third kappa shape index (κ3) is 63.8. The third-order valence-electron chi connectivity index (χ3n) is 14.8. The number of rotatable bonds is 61. The lowest BCUT2D eigenvalue weighted by atomic mass is 10.0. The van der Waals surface area contributed by atoms with E-state index < -0.39 is 6.10 Å². The standard InChI is InChI=1S/C70H126O5/c1-3-5-7-9-11-13-15-17-19-21-23-25-27-29-30-31-32-33-34-35-36-37-38-39-41-42-44-46-48-50-52-54-56-58-60-62-64-69(72)74-67-68(66-71)75-70(73)65-63-61-59-57-55-53-51-49-47-45-43-40-28-26-24-22-20-18-16-14-12-10-8-6-4-2/h6,8,12,14,18,20,24,26,40,43,47,49,68,71H,3-5,7,9-11,13,15-17,19,21-23,25,27-39,41-42,44-46,48,50-67H2,1-2H3/b8-6-,14-12-,20-18-,26-24-,43-40-,49-47-. The molecule has 75 heavy (non-hydrogen) atoms. The van der Waals surface area contributed by atoms with Crippen molar-refractivity contribution in [3.8, 4) is 0 Å². The summed E-state index contributed by atoms with van der Waals surface area (Å²) >= 11 is 0. The highest BCUT2D eigenvalue weighted by molar-refractivity contribution is 5.70. The highest BCUT2D eigenvalue weighted by Crippen LogP contribution is 2.18. The van der Waals surface area contributed by atoms with Crippen LogP contribution in [0.5, 0.6) is 0 Å². The highest BCUT2D eigenvalue weighted by atomic mass is 16.6. The molecule has 1 unspecified atom stereocenters. The summed E-state index contributed by atoms with van der Waals surface area (Å²) in [7, 11) is 0. The van der Waals surface area contributed by atoms with Crippen molar-refractivity contribution >= 4 is 11.9 Å². The second-order valence-electron chi connectivity index (χ2n) is 22.2. The van der Waals surface area contributed by atoms with Gasteiger partial charge in [0.2, 0.25) is 0 Å². The summed E-state index contributed by atoms with van der Waals surface area (Å²) < 4.78 is 10.7. The van der Waals surface area contributed by atoms with E-state index in [4.69, 9.17) is 9.47 Å². The van der Waals surface area contributed by atoms with E-state index in [1.165, 1.54) is 231 Å². The summed E-state index contributed by atoms with van der Waals surface area (Å²) in [6.45, 7) is 4.06. The van der Waals surface area contributed by atoms with E-state index in [2.05, 4.69) is 86.8 Å². The molecule has 5 heteroatoms. The van der Waals surface area contributed by atoms with E-state index in [9.17, 15) is 14.7 Å². The summed E-state index contributed by atoms with van der Waals surface area (Å²) in [6, 6.07) is 0. The summed E-state index contributed by atoms with van der Waals surface area (Å²) in [5, 5.41) is 9.68. The Morgan fingerprint density at radius 1 is 0.320 bits per heavy atom. The van der Waals surface area contributed by atoms with E-state index >= 15 is 0 Å². The minimum atomic E-state index is -0.784. The van der Waals surface area contributed by atoms with Crippen LogP contribution in [-0.4, -0.2) is 36.4 Å². The number of aliphatic hydroxyl groups excluding tert-OH is 1. The zero-order chi connectivity index (χ0) is 54.1. The molecule has 0 aromatic heterocycles. The van der Waals surface area contributed by atoms with Crippen molar-refractivity contribution in [1.82, 2.24) is 0 Å². The van der Waals surface area contributed by atoms with Crippen LogP contribution in [0.25, 0.3) is 0 Å². The molecule has 0 saturated carbocycles. The Bertz CT molecular complexity index is 1320. The first-order chi connectivity index (χ1) is 37.1. The molecule has 436 valence electrons. The molecule has 0 aromatic rings. The Kier molecular flexibility index (Phi) is 63.3. The fourth-order valence-electron chi connectivity index (χ4n) is 9.86. The number of carbonyl (C=O) groups is 2. The van der Waals surface area contributed by atoms with Crippen LogP contribution in [0.4, 0.5) is 0 Å². The van der Waals surface area contributed by atoms with E-state index in [1.807, 2.05) is 0 Å². The van der Waals surface area contributed by atoms with Gasteiger partial charge in [-0.3, -0.25) is 9.59 Å². The Balaban J connectivity index is 3.43. The molecule has 0 bridgehead atoms. The minimum absolute atomic E-state index is 0.0719.